The van der Waals surface area contributed by atoms with Crippen LogP contribution in [0.3, 0.4) is 0 Å². The van der Waals surface area contributed by atoms with Crippen molar-refractivity contribution >= 4 is 10.2 Å². The highest BCUT2D eigenvalue weighted by Gasteiger charge is 2.34. The van der Waals surface area contributed by atoms with E-state index in [1.54, 1.807) is 6.20 Å². The lowest BCUT2D eigenvalue weighted by Crippen LogP contribution is -2.48. The highest BCUT2D eigenvalue weighted by molar-refractivity contribution is 7.87. The second kappa shape index (κ2) is 6.66. The van der Waals surface area contributed by atoms with Crippen molar-refractivity contribution in [2.24, 2.45) is 0 Å². The molecule has 8 heteroatoms. The normalized spacial score (nSPS) is 27.3. The van der Waals surface area contributed by atoms with E-state index in [0.29, 0.717) is 19.7 Å². The largest absolute Gasteiger partial charge is 0.372 e. The van der Waals surface area contributed by atoms with Gasteiger partial charge in [0.1, 0.15) is 6.10 Å². The zero-order valence-corrected chi connectivity index (χ0v) is 13.8. The predicted molar refractivity (Wildman–Crippen MR) is 82.5 cm³/mol. The molecule has 3 heterocycles. The highest BCUT2D eigenvalue weighted by atomic mass is 32.2. The zero-order valence-electron chi connectivity index (χ0n) is 12.9. The average Bonchev–Trinajstić information content (AvgIpc) is 3.19. The number of nitrogens with one attached hydrogen (secondary N) is 1. The Hall–Kier alpha value is -0.960. The second-order valence-electron chi connectivity index (χ2n) is 5.90. The van der Waals surface area contributed by atoms with E-state index in [9.17, 15) is 8.42 Å². The fourth-order valence-corrected chi connectivity index (χ4v) is 4.64. The molecule has 0 saturated carbocycles. The van der Waals surface area contributed by atoms with E-state index in [1.807, 2.05) is 17.8 Å². The maximum absolute atomic E-state index is 12.5. The summed E-state index contributed by atoms with van der Waals surface area (Å²) in [5.74, 6) is 0. The summed E-state index contributed by atoms with van der Waals surface area (Å²) in [5, 5.41) is 4.27. The fourth-order valence-electron chi connectivity index (χ4n) is 3.12. The molecule has 2 aliphatic heterocycles. The molecular weight excluding hydrogens is 304 g/mol. The molecule has 3 rings (SSSR count). The summed E-state index contributed by atoms with van der Waals surface area (Å²) in [5.41, 5.74) is 0.940. The lowest BCUT2D eigenvalue weighted by atomic mass is 9.99. The Morgan fingerprint density at radius 3 is 2.82 bits per heavy atom. The number of hydrogen-bond donors (Lipinski definition) is 1. The molecule has 2 fully saturated rings. The van der Waals surface area contributed by atoms with Gasteiger partial charge in [-0.05, 0) is 32.6 Å². The van der Waals surface area contributed by atoms with E-state index < -0.39 is 10.2 Å². The number of aromatic nitrogens is 2. The molecule has 0 aliphatic carbocycles. The van der Waals surface area contributed by atoms with E-state index in [4.69, 9.17) is 4.74 Å². The van der Waals surface area contributed by atoms with E-state index in [1.165, 1.54) is 4.31 Å². The molecule has 0 spiro atoms. The van der Waals surface area contributed by atoms with Crippen LogP contribution in [-0.2, 0) is 21.5 Å². The predicted octanol–water partition coefficient (Wildman–Crippen LogP) is 1.05. The molecular formula is C14H24N4O3S. The standard InChI is InChI=1S/C14H24N4O3S/c1-2-17-11-12(10-15-17)14-13(6-5-9-21-14)16-22(19,20)18-7-3-4-8-18/h10-11,13-14,16H,2-9H2,1H3/t13-,14+/m1/s1. The molecule has 1 aromatic rings. The SMILES string of the molecule is CCn1cc([C@@H]2OCCC[C@H]2NS(=O)(=O)N2CCCC2)cn1. The van der Waals surface area contributed by atoms with Gasteiger partial charge in [0.25, 0.3) is 10.2 Å². The first kappa shape index (κ1) is 15.9. The van der Waals surface area contributed by atoms with Gasteiger partial charge in [-0.2, -0.15) is 22.5 Å². The molecule has 0 bridgehead atoms. The first-order chi connectivity index (χ1) is 10.6. The molecule has 22 heavy (non-hydrogen) atoms. The van der Waals surface area contributed by atoms with Gasteiger partial charge in [-0.1, -0.05) is 0 Å². The van der Waals surface area contributed by atoms with Crippen molar-refractivity contribution in [3.8, 4) is 0 Å². The Bertz CT molecular complexity index is 595. The maximum atomic E-state index is 12.5. The van der Waals surface area contributed by atoms with Crippen LogP contribution in [0.4, 0.5) is 0 Å². The van der Waals surface area contributed by atoms with Crippen molar-refractivity contribution in [1.82, 2.24) is 18.8 Å². The molecule has 7 nitrogen and oxygen atoms in total. The van der Waals surface area contributed by atoms with Crippen LogP contribution in [0.1, 0.15) is 44.3 Å². The van der Waals surface area contributed by atoms with Crippen molar-refractivity contribution in [1.29, 1.82) is 0 Å². The summed E-state index contributed by atoms with van der Waals surface area (Å²) in [4.78, 5) is 0. The van der Waals surface area contributed by atoms with E-state index >= 15 is 0 Å². The minimum absolute atomic E-state index is 0.228. The minimum atomic E-state index is -3.42. The van der Waals surface area contributed by atoms with Crippen LogP contribution < -0.4 is 4.72 Å². The first-order valence-corrected chi connectivity index (χ1v) is 9.45. The van der Waals surface area contributed by atoms with Crippen LogP contribution in [-0.4, -0.2) is 48.2 Å². The molecule has 2 saturated heterocycles. The summed E-state index contributed by atoms with van der Waals surface area (Å²) in [7, 11) is -3.42. The summed E-state index contributed by atoms with van der Waals surface area (Å²) in [6, 6.07) is -0.228. The van der Waals surface area contributed by atoms with Gasteiger partial charge < -0.3 is 4.74 Å². The van der Waals surface area contributed by atoms with Gasteiger partial charge in [0.2, 0.25) is 0 Å². The van der Waals surface area contributed by atoms with Crippen LogP contribution in [0.25, 0.3) is 0 Å². The van der Waals surface area contributed by atoms with Gasteiger partial charge in [-0.3, -0.25) is 4.68 Å². The van der Waals surface area contributed by atoms with Crippen molar-refractivity contribution in [3.63, 3.8) is 0 Å². The number of nitrogens with zero attached hydrogens (tertiary/aromatic N) is 3. The van der Waals surface area contributed by atoms with Crippen LogP contribution >= 0.6 is 0 Å². The van der Waals surface area contributed by atoms with Crippen molar-refractivity contribution in [3.05, 3.63) is 18.0 Å². The van der Waals surface area contributed by atoms with Gasteiger partial charge in [0.05, 0.1) is 12.2 Å². The van der Waals surface area contributed by atoms with Crippen LogP contribution in [0.5, 0.6) is 0 Å². The van der Waals surface area contributed by atoms with Crippen LogP contribution in [0.2, 0.25) is 0 Å². The van der Waals surface area contributed by atoms with Crippen LogP contribution in [0.15, 0.2) is 12.4 Å². The van der Waals surface area contributed by atoms with Gasteiger partial charge >= 0.3 is 0 Å². The second-order valence-corrected chi connectivity index (χ2v) is 7.60. The third kappa shape index (κ3) is 3.34. The number of ether oxygens (including phenoxy) is 1. The summed E-state index contributed by atoms with van der Waals surface area (Å²) in [6.07, 6.45) is 6.99. The van der Waals surface area contributed by atoms with Gasteiger partial charge in [0, 0.05) is 38.0 Å². The van der Waals surface area contributed by atoms with Crippen molar-refractivity contribution in [2.75, 3.05) is 19.7 Å². The lowest BCUT2D eigenvalue weighted by Gasteiger charge is -2.32. The minimum Gasteiger partial charge on any atom is -0.372 e. The summed E-state index contributed by atoms with van der Waals surface area (Å²) < 4.78 is 37.0. The van der Waals surface area contributed by atoms with Crippen molar-refractivity contribution < 1.29 is 13.2 Å². The van der Waals surface area contributed by atoms with Crippen LogP contribution in [0, 0.1) is 0 Å². The molecule has 0 amide bonds. The molecule has 124 valence electrons. The fraction of sp³-hybridized carbons (Fsp3) is 0.786. The molecule has 0 unspecified atom stereocenters. The van der Waals surface area contributed by atoms with Gasteiger partial charge in [-0.25, -0.2) is 0 Å². The maximum Gasteiger partial charge on any atom is 0.279 e. The smallest absolute Gasteiger partial charge is 0.279 e. The Morgan fingerprint density at radius 2 is 2.14 bits per heavy atom. The molecule has 0 aromatic carbocycles. The number of rotatable bonds is 5. The topological polar surface area (TPSA) is 76.5 Å². The van der Waals surface area contributed by atoms with E-state index in [0.717, 1.165) is 37.8 Å². The van der Waals surface area contributed by atoms with Gasteiger partial charge in [0.15, 0.2) is 0 Å². The molecule has 2 aliphatic rings. The first-order valence-electron chi connectivity index (χ1n) is 8.01. The number of hydrogen-bond acceptors (Lipinski definition) is 4. The Balaban J connectivity index is 1.74. The Kier molecular flexibility index (Phi) is 4.82. The van der Waals surface area contributed by atoms with Crippen molar-refractivity contribution in [2.45, 2.75) is 51.3 Å². The molecule has 1 N–H and O–H groups in total. The third-order valence-electron chi connectivity index (χ3n) is 4.33. The quantitative estimate of drug-likeness (QED) is 0.877. The lowest BCUT2D eigenvalue weighted by molar-refractivity contribution is -0.00483. The highest BCUT2D eigenvalue weighted by Crippen LogP contribution is 2.29. The molecule has 0 radical (unpaired) electrons. The monoisotopic (exact) mass is 328 g/mol. The average molecular weight is 328 g/mol. The number of aryl methyl sites for hydroxylation is 1. The van der Waals surface area contributed by atoms with E-state index in [2.05, 4.69) is 9.82 Å². The molecule has 1 aromatic heterocycles. The summed E-state index contributed by atoms with van der Waals surface area (Å²) in [6.45, 7) is 4.69. The van der Waals surface area contributed by atoms with E-state index in [-0.39, 0.29) is 12.1 Å². The van der Waals surface area contributed by atoms with Gasteiger partial charge in [-0.15, -0.1) is 0 Å². The Morgan fingerprint density at radius 1 is 1.36 bits per heavy atom. The Labute approximate surface area is 131 Å². The zero-order chi connectivity index (χ0) is 15.6. The third-order valence-corrected chi connectivity index (χ3v) is 5.98. The summed E-state index contributed by atoms with van der Waals surface area (Å²) >= 11 is 0. The molecule has 2 atom stereocenters.